The summed E-state index contributed by atoms with van der Waals surface area (Å²) < 4.78 is 33.0. The fourth-order valence-corrected chi connectivity index (χ4v) is 8.88. The van der Waals surface area contributed by atoms with Crippen molar-refractivity contribution in [1.82, 2.24) is 0 Å². The number of phosphoric acid groups is 1. The molecule has 0 spiro atoms. The zero-order valence-corrected chi connectivity index (χ0v) is 50.9. The Morgan fingerprint density at radius 2 is 0.709 bits per heavy atom. The molecule has 9 nitrogen and oxygen atoms in total. The van der Waals surface area contributed by atoms with E-state index in [4.69, 9.17) is 24.3 Å². The van der Waals surface area contributed by atoms with Gasteiger partial charge < -0.3 is 20.1 Å². The third-order valence-electron chi connectivity index (χ3n) is 12.7. The van der Waals surface area contributed by atoms with Crippen molar-refractivity contribution in [2.24, 2.45) is 5.73 Å². The van der Waals surface area contributed by atoms with E-state index in [2.05, 4.69) is 154 Å². The van der Waals surface area contributed by atoms with Crippen LogP contribution in [0.2, 0.25) is 0 Å². The van der Waals surface area contributed by atoms with E-state index in [1.807, 2.05) is 6.08 Å². The third-order valence-corrected chi connectivity index (χ3v) is 13.7. The number of hydrogen-bond donors (Lipinski definition) is 2. The number of carbonyl (C=O) groups excluding carboxylic acids is 2. The summed E-state index contributed by atoms with van der Waals surface area (Å²) in [5.74, 6) is -0.906. The van der Waals surface area contributed by atoms with Crippen LogP contribution in [0.15, 0.2) is 146 Å². The van der Waals surface area contributed by atoms with Crippen LogP contribution in [-0.2, 0) is 32.7 Å². The molecule has 2 atom stereocenters. The summed E-state index contributed by atoms with van der Waals surface area (Å²) in [6.45, 7) is 3.55. The van der Waals surface area contributed by atoms with Crippen molar-refractivity contribution in [3.8, 4) is 0 Å². The first-order valence-corrected chi connectivity index (χ1v) is 32.8. The number of hydrogen-bond acceptors (Lipinski definition) is 8. The molecule has 0 bridgehead atoms. The summed E-state index contributed by atoms with van der Waals surface area (Å²) in [7, 11) is -4.42. The van der Waals surface area contributed by atoms with Crippen LogP contribution < -0.4 is 5.73 Å². The average molecular weight is 1120 g/mol. The molecule has 3 N–H and O–H groups in total. The molecule has 0 aliphatic carbocycles. The lowest BCUT2D eigenvalue weighted by atomic mass is 10.0. The SMILES string of the molecule is CC/C=C\C/C=C\C/C=C\C/C=C\C/C=C\C/C=C\C/C=C\C/C=C\C/C=C\CCCC(=O)OC(COC(=O)CCCCCCCCCCCCCCCC/C=C\C/C=C\C/C=C\CCCCCCC)COP(=O)(O)OCCN. The number of allylic oxidation sites excluding steroid dienone is 24. The fourth-order valence-electron chi connectivity index (χ4n) is 8.11. The summed E-state index contributed by atoms with van der Waals surface area (Å²) in [5.41, 5.74) is 5.38. The molecule has 10 heteroatoms. The molecule has 0 aromatic rings. The van der Waals surface area contributed by atoms with Crippen molar-refractivity contribution in [3.05, 3.63) is 146 Å². The van der Waals surface area contributed by atoms with Crippen molar-refractivity contribution in [1.29, 1.82) is 0 Å². The van der Waals surface area contributed by atoms with Gasteiger partial charge in [-0.1, -0.05) is 262 Å². The molecule has 0 aliphatic heterocycles. The van der Waals surface area contributed by atoms with Gasteiger partial charge in [-0.25, -0.2) is 4.57 Å². The molecule has 0 amide bonds. The first kappa shape index (κ1) is 74.9. The normalized spacial score (nSPS) is 14.0. The number of nitrogens with two attached hydrogens (primary N) is 1. The van der Waals surface area contributed by atoms with Gasteiger partial charge in [0.2, 0.25) is 0 Å². The molecule has 0 saturated heterocycles. The van der Waals surface area contributed by atoms with E-state index in [1.54, 1.807) is 0 Å². The highest BCUT2D eigenvalue weighted by atomic mass is 31.2. The van der Waals surface area contributed by atoms with E-state index in [0.29, 0.717) is 12.8 Å². The third kappa shape index (κ3) is 62.9. The zero-order valence-electron chi connectivity index (χ0n) is 50.0. The molecule has 0 rings (SSSR count). The summed E-state index contributed by atoms with van der Waals surface area (Å²) in [6, 6.07) is 0. The highest BCUT2D eigenvalue weighted by molar-refractivity contribution is 7.47. The van der Waals surface area contributed by atoms with Crippen LogP contribution in [0.3, 0.4) is 0 Å². The molecule has 0 heterocycles. The summed E-state index contributed by atoms with van der Waals surface area (Å²) in [5, 5.41) is 0. The maximum Gasteiger partial charge on any atom is 0.472 e. The second-order valence-corrected chi connectivity index (χ2v) is 21.6. The molecule has 0 aromatic heterocycles. The second kappa shape index (κ2) is 63.1. The highest BCUT2D eigenvalue weighted by Crippen LogP contribution is 2.43. The Balaban J connectivity index is 4.08. The fraction of sp³-hybridized carbons (Fsp3) is 0.623. The average Bonchev–Trinajstić information content (AvgIpc) is 3.44. The summed E-state index contributed by atoms with van der Waals surface area (Å²) in [4.78, 5) is 35.2. The smallest absolute Gasteiger partial charge is 0.462 e. The van der Waals surface area contributed by atoms with Gasteiger partial charge in [0.25, 0.3) is 0 Å². The van der Waals surface area contributed by atoms with E-state index in [9.17, 15) is 19.0 Å². The first-order chi connectivity index (χ1) is 38.8. The maximum absolute atomic E-state index is 12.7. The lowest BCUT2D eigenvalue weighted by Crippen LogP contribution is -2.29. The van der Waals surface area contributed by atoms with E-state index < -0.39 is 32.5 Å². The van der Waals surface area contributed by atoms with Gasteiger partial charge in [0.1, 0.15) is 6.61 Å². The second-order valence-electron chi connectivity index (χ2n) is 20.2. The Kier molecular flexibility index (Phi) is 59.8. The van der Waals surface area contributed by atoms with Crippen LogP contribution >= 0.6 is 7.82 Å². The number of ether oxygens (including phenoxy) is 2. The van der Waals surface area contributed by atoms with Gasteiger partial charge >= 0.3 is 19.8 Å². The maximum atomic E-state index is 12.7. The monoisotopic (exact) mass is 1120 g/mol. The topological polar surface area (TPSA) is 134 Å². The van der Waals surface area contributed by atoms with Crippen molar-refractivity contribution in [2.45, 2.75) is 251 Å². The molecule has 0 radical (unpaired) electrons. The van der Waals surface area contributed by atoms with Gasteiger partial charge in [-0.05, 0) is 116 Å². The Morgan fingerprint density at radius 1 is 0.392 bits per heavy atom. The summed E-state index contributed by atoms with van der Waals surface area (Å²) in [6.07, 6.45) is 90.6. The number of unbranched alkanes of at least 4 members (excludes halogenated alkanes) is 20. The van der Waals surface area contributed by atoms with Crippen LogP contribution in [-0.4, -0.2) is 49.3 Å². The van der Waals surface area contributed by atoms with Crippen LogP contribution in [0.5, 0.6) is 0 Å². The van der Waals surface area contributed by atoms with Gasteiger partial charge in [-0.3, -0.25) is 18.6 Å². The molecule has 2 unspecified atom stereocenters. The van der Waals surface area contributed by atoms with Crippen molar-refractivity contribution >= 4 is 19.8 Å². The predicted octanol–water partition coefficient (Wildman–Crippen LogP) is 20.3. The van der Waals surface area contributed by atoms with Gasteiger partial charge in [-0.2, -0.15) is 0 Å². The lowest BCUT2D eigenvalue weighted by molar-refractivity contribution is -0.161. The molecule has 0 saturated carbocycles. The Morgan fingerprint density at radius 3 is 1.08 bits per heavy atom. The number of carbonyl (C=O) groups is 2. The number of phosphoric ester groups is 1. The van der Waals surface area contributed by atoms with Gasteiger partial charge in [0.05, 0.1) is 13.2 Å². The van der Waals surface area contributed by atoms with Gasteiger partial charge in [-0.15, -0.1) is 0 Å². The highest BCUT2D eigenvalue weighted by Gasteiger charge is 2.26. The Hall–Kier alpha value is -4.11. The quantitative estimate of drug-likeness (QED) is 0.0264. The molecule has 0 aromatic carbocycles. The molecule has 79 heavy (non-hydrogen) atoms. The van der Waals surface area contributed by atoms with Crippen LogP contribution in [0.1, 0.15) is 245 Å². The van der Waals surface area contributed by atoms with E-state index >= 15 is 0 Å². The molecular weight excluding hydrogens is 1000 g/mol. The van der Waals surface area contributed by atoms with Crippen molar-refractivity contribution in [2.75, 3.05) is 26.4 Å². The zero-order chi connectivity index (χ0) is 57.3. The predicted molar refractivity (Wildman–Crippen MR) is 339 cm³/mol. The number of rotatable bonds is 57. The minimum absolute atomic E-state index is 0.0364. The molecular formula is C69H114NO8P. The largest absolute Gasteiger partial charge is 0.472 e. The summed E-state index contributed by atoms with van der Waals surface area (Å²) >= 11 is 0. The molecule has 448 valence electrons. The van der Waals surface area contributed by atoms with Crippen molar-refractivity contribution < 1.29 is 37.6 Å². The van der Waals surface area contributed by atoms with E-state index in [0.717, 1.165) is 96.3 Å². The molecule has 0 aliphatic rings. The minimum atomic E-state index is -4.42. The van der Waals surface area contributed by atoms with E-state index in [-0.39, 0.29) is 32.6 Å². The number of esters is 2. The first-order valence-electron chi connectivity index (χ1n) is 31.3. The van der Waals surface area contributed by atoms with Crippen molar-refractivity contribution in [3.63, 3.8) is 0 Å². The van der Waals surface area contributed by atoms with Crippen LogP contribution in [0.25, 0.3) is 0 Å². The standard InChI is InChI=1S/C69H114NO8P/c1-3-5-7-9-11-13-15-17-19-21-23-25-27-29-31-33-35-37-39-41-43-45-47-49-51-53-55-57-59-61-68(71)75-65-67(66-77-79(73,74)76-64-63-70)78-69(72)62-60-58-56-54-52-50-48-46-44-42-40-38-36-34-32-30-28-26-24-22-20-18-16-14-12-10-8-6-4-2/h6,8,12,14-15,17-18,20-21,23-24,26-27,29-30,32,36,38,42,44,48,50,54,56,67H,3-5,7,9-11,13,16,19,22,25,28,31,33-35,37,39-41,43,45-47,49,51-53,55,57-66,70H2,1-2H3,(H,73,74)/b8-6-,14-12-,17-15-,20-18-,23-21-,26-24-,29-27-,32-30-,38-36-,44-42-,50-48-,56-54-. The van der Waals surface area contributed by atoms with Crippen LogP contribution in [0.4, 0.5) is 0 Å². The van der Waals surface area contributed by atoms with E-state index in [1.165, 1.54) is 109 Å². The van der Waals surface area contributed by atoms with Gasteiger partial charge in [0, 0.05) is 19.4 Å². The van der Waals surface area contributed by atoms with Crippen LogP contribution in [0, 0.1) is 0 Å². The molecule has 0 fully saturated rings. The lowest BCUT2D eigenvalue weighted by Gasteiger charge is -2.19. The Bertz CT molecular complexity index is 1800. The minimum Gasteiger partial charge on any atom is -0.462 e. The Labute approximate surface area is 484 Å². The van der Waals surface area contributed by atoms with Gasteiger partial charge in [0.15, 0.2) is 6.10 Å².